The second-order valence-electron chi connectivity index (χ2n) is 6.21. The molecule has 0 aliphatic carbocycles. The number of nitrogens with one attached hydrogen (secondary N) is 1. The van der Waals surface area contributed by atoms with E-state index in [0.29, 0.717) is 11.1 Å². The van der Waals surface area contributed by atoms with Crippen LogP contribution in [0.5, 0.6) is 0 Å². The van der Waals surface area contributed by atoms with Crippen LogP contribution in [0.15, 0.2) is 42.6 Å². The highest BCUT2D eigenvalue weighted by atomic mass is 19.4. The Morgan fingerprint density at radius 2 is 1.65 bits per heavy atom. The van der Waals surface area contributed by atoms with Crippen molar-refractivity contribution in [3.05, 3.63) is 53.7 Å². The van der Waals surface area contributed by atoms with Gasteiger partial charge in [-0.15, -0.1) is 0 Å². The van der Waals surface area contributed by atoms with E-state index < -0.39 is 11.7 Å². The van der Waals surface area contributed by atoms with Gasteiger partial charge in [0.05, 0.1) is 11.3 Å². The molecule has 0 saturated heterocycles. The Hall–Kier alpha value is -2.37. The first-order chi connectivity index (χ1) is 10.6. The minimum absolute atomic E-state index is 0.211. The largest absolute Gasteiger partial charge is 0.416 e. The summed E-state index contributed by atoms with van der Waals surface area (Å²) < 4.78 is 38.2. The van der Waals surface area contributed by atoms with Crippen LogP contribution in [0.25, 0.3) is 11.3 Å². The fourth-order valence-corrected chi connectivity index (χ4v) is 1.97. The molecule has 23 heavy (non-hydrogen) atoms. The second-order valence-corrected chi connectivity index (χ2v) is 6.21. The lowest BCUT2D eigenvalue weighted by Gasteiger charge is -2.20. The van der Waals surface area contributed by atoms with Crippen LogP contribution in [-0.4, -0.2) is 16.4 Å². The van der Waals surface area contributed by atoms with E-state index in [9.17, 15) is 18.0 Å². The highest BCUT2D eigenvalue weighted by Gasteiger charge is 2.30. The second kappa shape index (κ2) is 6.02. The summed E-state index contributed by atoms with van der Waals surface area (Å²) >= 11 is 0. The number of rotatable bonds is 2. The zero-order valence-corrected chi connectivity index (χ0v) is 13.0. The van der Waals surface area contributed by atoms with Gasteiger partial charge >= 0.3 is 6.18 Å². The first-order valence-electron chi connectivity index (χ1n) is 7.02. The fourth-order valence-electron chi connectivity index (χ4n) is 1.97. The number of hydrogen-bond acceptors (Lipinski definition) is 2. The molecule has 0 fully saturated rings. The van der Waals surface area contributed by atoms with Crippen LogP contribution >= 0.6 is 0 Å². The first kappa shape index (κ1) is 17.0. The van der Waals surface area contributed by atoms with Gasteiger partial charge in [0.1, 0.15) is 0 Å². The highest BCUT2D eigenvalue weighted by molar-refractivity contribution is 5.95. The van der Waals surface area contributed by atoms with Gasteiger partial charge in [-0.2, -0.15) is 13.2 Å². The molecule has 0 aliphatic heterocycles. The van der Waals surface area contributed by atoms with Gasteiger partial charge in [0.25, 0.3) is 5.91 Å². The lowest BCUT2D eigenvalue weighted by Crippen LogP contribution is -2.40. The van der Waals surface area contributed by atoms with Gasteiger partial charge in [-0.05, 0) is 45.0 Å². The van der Waals surface area contributed by atoms with Crippen molar-refractivity contribution in [3.8, 4) is 11.3 Å². The monoisotopic (exact) mass is 322 g/mol. The predicted octanol–water partition coefficient (Wildman–Crippen LogP) is 4.30. The van der Waals surface area contributed by atoms with Crippen molar-refractivity contribution in [3.63, 3.8) is 0 Å². The minimum atomic E-state index is -4.41. The summed E-state index contributed by atoms with van der Waals surface area (Å²) in [5.74, 6) is -0.235. The maximum atomic E-state index is 12.7. The molecule has 0 unspecified atom stereocenters. The fraction of sp³-hybridized carbons (Fsp3) is 0.294. The number of amides is 1. The maximum Gasteiger partial charge on any atom is 0.416 e. The number of hydrogen-bond donors (Lipinski definition) is 1. The minimum Gasteiger partial charge on any atom is -0.347 e. The third kappa shape index (κ3) is 4.55. The molecule has 2 rings (SSSR count). The molecule has 122 valence electrons. The molecule has 0 aliphatic rings. The van der Waals surface area contributed by atoms with Crippen LogP contribution in [0.3, 0.4) is 0 Å². The number of aromatic nitrogens is 1. The number of halogens is 3. The molecule has 0 saturated carbocycles. The van der Waals surface area contributed by atoms with Gasteiger partial charge < -0.3 is 5.32 Å². The number of carbonyl (C=O) groups is 1. The van der Waals surface area contributed by atoms with E-state index in [1.165, 1.54) is 0 Å². The Bertz CT molecular complexity index is 701. The molecular weight excluding hydrogens is 305 g/mol. The van der Waals surface area contributed by atoms with E-state index in [0.717, 1.165) is 18.3 Å². The molecule has 0 bridgehead atoms. The van der Waals surface area contributed by atoms with Gasteiger partial charge in [-0.3, -0.25) is 9.78 Å². The lowest BCUT2D eigenvalue weighted by atomic mass is 10.0. The van der Waals surface area contributed by atoms with Crippen LogP contribution in [0, 0.1) is 0 Å². The number of alkyl halides is 3. The third-order valence-corrected chi connectivity index (χ3v) is 3.02. The van der Waals surface area contributed by atoms with Crippen molar-refractivity contribution < 1.29 is 18.0 Å². The Morgan fingerprint density at radius 3 is 2.17 bits per heavy atom. The quantitative estimate of drug-likeness (QED) is 0.896. The molecule has 3 nitrogen and oxygen atoms in total. The average Bonchev–Trinajstić information content (AvgIpc) is 2.45. The van der Waals surface area contributed by atoms with E-state index in [-0.39, 0.29) is 17.1 Å². The van der Waals surface area contributed by atoms with E-state index >= 15 is 0 Å². The number of pyridine rings is 1. The van der Waals surface area contributed by atoms with Gasteiger partial charge in [0.15, 0.2) is 0 Å². The van der Waals surface area contributed by atoms with Crippen molar-refractivity contribution in [2.75, 3.05) is 0 Å². The smallest absolute Gasteiger partial charge is 0.347 e. The summed E-state index contributed by atoms with van der Waals surface area (Å²) in [6.07, 6.45) is -3.29. The van der Waals surface area contributed by atoms with Gasteiger partial charge in [0, 0.05) is 22.9 Å². The van der Waals surface area contributed by atoms with Gasteiger partial charge in [0.2, 0.25) is 0 Å². The molecule has 0 atom stereocenters. The Kier molecular flexibility index (Phi) is 4.45. The lowest BCUT2D eigenvalue weighted by molar-refractivity contribution is -0.137. The maximum absolute atomic E-state index is 12.7. The van der Waals surface area contributed by atoms with Gasteiger partial charge in [-0.25, -0.2) is 0 Å². The summed E-state index contributed by atoms with van der Waals surface area (Å²) in [6.45, 7) is 5.60. The van der Waals surface area contributed by atoms with Gasteiger partial charge in [-0.1, -0.05) is 12.1 Å². The topological polar surface area (TPSA) is 42.0 Å². The number of benzene rings is 1. The molecule has 6 heteroatoms. The van der Waals surface area contributed by atoms with Crippen molar-refractivity contribution in [1.29, 1.82) is 0 Å². The summed E-state index contributed by atoms with van der Waals surface area (Å²) in [5.41, 5.74) is 0.0527. The zero-order valence-electron chi connectivity index (χ0n) is 13.0. The normalized spacial score (nSPS) is 12.1. The van der Waals surface area contributed by atoms with Crippen LogP contribution in [-0.2, 0) is 6.18 Å². The van der Waals surface area contributed by atoms with E-state index in [1.54, 1.807) is 24.3 Å². The van der Waals surface area contributed by atoms with E-state index in [2.05, 4.69) is 10.3 Å². The SMILES string of the molecule is CC(C)(C)NC(=O)c1ccc(-c2cc(C(F)(F)F)ccn2)cc1. The Labute approximate surface area is 132 Å². The van der Waals surface area contributed by atoms with Crippen molar-refractivity contribution in [1.82, 2.24) is 10.3 Å². The molecular formula is C17H17F3N2O. The molecule has 1 aromatic carbocycles. The summed E-state index contributed by atoms with van der Waals surface area (Å²) in [4.78, 5) is 16.0. The molecule has 0 spiro atoms. The summed E-state index contributed by atoms with van der Waals surface area (Å²) in [5, 5.41) is 2.82. The van der Waals surface area contributed by atoms with Crippen molar-refractivity contribution in [2.45, 2.75) is 32.5 Å². The third-order valence-electron chi connectivity index (χ3n) is 3.02. The Balaban J connectivity index is 2.25. The van der Waals surface area contributed by atoms with E-state index in [4.69, 9.17) is 0 Å². The van der Waals surface area contributed by atoms with Crippen molar-refractivity contribution in [2.24, 2.45) is 0 Å². The van der Waals surface area contributed by atoms with Crippen LogP contribution in [0.2, 0.25) is 0 Å². The number of carbonyl (C=O) groups excluding carboxylic acids is 1. The van der Waals surface area contributed by atoms with Crippen LogP contribution in [0.1, 0.15) is 36.7 Å². The Morgan fingerprint density at radius 1 is 1.04 bits per heavy atom. The highest BCUT2D eigenvalue weighted by Crippen LogP contribution is 2.31. The molecule has 1 heterocycles. The van der Waals surface area contributed by atoms with Crippen LogP contribution in [0.4, 0.5) is 13.2 Å². The van der Waals surface area contributed by atoms with Crippen molar-refractivity contribution >= 4 is 5.91 Å². The summed E-state index contributed by atoms with van der Waals surface area (Å²) in [7, 11) is 0. The molecule has 0 radical (unpaired) electrons. The molecule has 2 aromatic rings. The van der Waals surface area contributed by atoms with Crippen LogP contribution < -0.4 is 5.32 Å². The average molecular weight is 322 g/mol. The molecule has 1 aromatic heterocycles. The standard InChI is InChI=1S/C17H17F3N2O/c1-16(2,3)22-15(23)12-6-4-11(5-7-12)14-10-13(8-9-21-14)17(18,19)20/h4-10H,1-3H3,(H,22,23). The van der Waals surface area contributed by atoms with E-state index in [1.807, 2.05) is 20.8 Å². The summed E-state index contributed by atoms with van der Waals surface area (Å²) in [6, 6.07) is 8.22. The first-order valence-corrected chi connectivity index (χ1v) is 7.02. The molecule has 1 amide bonds. The number of nitrogens with zero attached hydrogens (tertiary/aromatic N) is 1. The predicted molar refractivity (Wildman–Crippen MR) is 81.9 cm³/mol. The zero-order chi connectivity index (χ0) is 17.3. The molecule has 1 N–H and O–H groups in total.